The first-order valence-corrected chi connectivity index (χ1v) is 4.87. The summed E-state index contributed by atoms with van der Waals surface area (Å²) in [4.78, 5) is 12.5. The topological polar surface area (TPSA) is 53.3 Å². The van der Waals surface area contributed by atoms with Crippen LogP contribution in [0.3, 0.4) is 0 Å². The molecule has 4 nitrogen and oxygen atoms in total. The van der Waals surface area contributed by atoms with Crippen LogP contribution in [-0.4, -0.2) is 36.1 Å². The maximum Gasteiger partial charge on any atom is 0.410 e. The number of amides is 1. The molecule has 1 rings (SSSR count). The van der Waals surface area contributed by atoms with Crippen molar-refractivity contribution in [3.8, 4) is 6.07 Å². The summed E-state index contributed by atoms with van der Waals surface area (Å²) in [6, 6.07) is 1.56. The molecule has 0 unspecified atom stereocenters. The molecule has 0 aromatic rings. The quantitative estimate of drug-likeness (QED) is 0.694. The lowest BCUT2D eigenvalue weighted by molar-refractivity contribution is -0.0775. The molecule has 1 heterocycles. The Labute approximate surface area is 92.8 Å². The van der Waals surface area contributed by atoms with Crippen molar-refractivity contribution in [2.24, 2.45) is 5.41 Å². The van der Waals surface area contributed by atoms with Gasteiger partial charge in [0.25, 0.3) is 6.43 Å². The zero-order valence-corrected chi connectivity index (χ0v) is 9.46. The lowest BCUT2D eigenvalue weighted by Crippen LogP contribution is -2.61. The largest absolute Gasteiger partial charge is 0.444 e. The van der Waals surface area contributed by atoms with E-state index in [1.54, 1.807) is 26.8 Å². The van der Waals surface area contributed by atoms with Crippen molar-refractivity contribution in [3.05, 3.63) is 0 Å². The van der Waals surface area contributed by atoms with Crippen molar-refractivity contribution < 1.29 is 18.3 Å². The first-order chi connectivity index (χ1) is 7.20. The van der Waals surface area contributed by atoms with Crippen LogP contribution in [0.1, 0.15) is 20.8 Å². The van der Waals surface area contributed by atoms with E-state index < -0.39 is 23.5 Å². The number of likely N-dealkylation sites (tertiary alicyclic amines) is 1. The van der Waals surface area contributed by atoms with Gasteiger partial charge in [0.05, 0.1) is 19.2 Å². The molecule has 0 spiro atoms. The Morgan fingerprint density at radius 3 is 2.31 bits per heavy atom. The predicted octanol–water partition coefficient (Wildman–Crippen LogP) is 2.01. The van der Waals surface area contributed by atoms with Gasteiger partial charge in [-0.2, -0.15) is 5.26 Å². The Morgan fingerprint density at radius 1 is 1.50 bits per heavy atom. The molecule has 0 N–H and O–H groups in total. The summed E-state index contributed by atoms with van der Waals surface area (Å²) in [6.45, 7) is 4.53. The molecule has 0 saturated carbocycles. The first kappa shape index (κ1) is 12.7. The van der Waals surface area contributed by atoms with Crippen LogP contribution in [0.15, 0.2) is 0 Å². The van der Waals surface area contributed by atoms with Gasteiger partial charge < -0.3 is 9.64 Å². The van der Waals surface area contributed by atoms with E-state index in [2.05, 4.69) is 0 Å². The van der Waals surface area contributed by atoms with E-state index >= 15 is 0 Å². The normalized spacial score (nSPS) is 18.9. The Morgan fingerprint density at radius 2 is 2.00 bits per heavy atom. The molecule has 0 aliphatic carbocycles. The highest BCUT2D eigenvalue weighted by molar-refractivity contribution is 5.69. The molecule has 0 atom stereocenters. The average molecular weight is 232 g/mol. The molecule has 1 aliphatic rings. The van der Waals surface area contributed by atoms with E-state index in [1.807, 2.05) is 0 Å². The van der Waals surface area contributed by atoms with Gasteiger partial charge in [0.2, 0.25) is 0 Å². The number of halogens is 2. The number of hydrogen-bond acceptors (Lipinski definition) is 3. The Bertz CT molecular complexity index is 325. The van der Waals surface area contributed by atoms with E-state index in [-0.39, 0.29) is 13.1 Å². The van der Waals surface area contributed by atoms with Crippen LogP contribution < -0.4 is 0 Å². The van der Waals surface area contributed by atoms with Crippen molar-refractivity contribution in [1.82, 2.24) is 4.90 Å². The van der Waals surface area contributed by atoms with Crippen molar-refractivity contribution in [2.45, 2.75) is 32.8 Å². The minimum Gasteiger partial charge on any atom is -0.444 e. The molecular weight excluding hydrogens is 218 g/mol. The van der Waals surface area contributed by atoms with Gasteiger partial charge in [0.15, 0.2) is 5.41 Å². The van der Waals surface area contributed by atoms with Crippen LogP contribution in [0.25, 0.3) is 0 Å². The molecule has 6 heteroatoms. The Kier molecular flexibility index (Phi) is 3.08. The lowest BCUT2D eigenvalue weighted by atomic mass is 9.82. The summed E-state index contributed by atoms with van der Waals surface area (Å²) in [5.41, 5.74) is -2.37. The van der Waals surface area contributed by atoms with Gasteiger partial charge in [-0.25, -0.2) is 13.6 Å². The van der Waals surface area contributed by atoms with Gasteiger partial charge in [-0.05, 0) is 20.8 Å². The monoisotopic (exact) mass is 232 g/mol. The third kappa shape index (κ3) is 2.40. The second kappa shape index (κ2) is 3.89. The van der Waals surface area contributed by atoms with Crippen LogP contribution in [0.4, 0.5) is 13.6 Å². The van der Waals surface area contributed by atoms with Gasteiger partial charge in [-0.1, -0.05) is 0 Å². The molecule has 0 aromatic heterocycles. The minimum absolute atomic E-state index is 0.268. The van der Waals surface area contributed by atoms with Gasteiger partial charge >= 0.3 is 6.09 Å². The minimum atomic E-state index is -2.74. The second-order valence-electron chi connectivity index (χ2n) is 4.91. The van der Waals surface area contributed by atoms with Crippen molar-refractivity contribution in [2.75, 3.05) is 13.1 Å². The van der Waals surface area contributed by atoms with Crippen LogP contribution in [0.2, 0.25) is 0 Å². The zero-order valence-electron chi connectivity index (χ0n) is 9.46. The third-order valence-corrected chi connectivity index (χ3v) is 2.24. The van der Waals surface area contributed by atoms with Crippen LogP contribution in [-0.2, 0) is 4.74 Å². The van der Waals surface area contributed by atoms with Crippen LogP contribution >= 0.6 is 0 Å². The number of carbonyl (C=O) groups excluding carboxylic acids is 1. The highest BCUT2D eigenvalue weighted by Crippen LogP contribution is 2.36. The fraction of sp³-hybridized carbons (Fsp3) is 0.800. The van der Waals surface area contributed by atoms with Gasteiger partial charge in [-0.3, -0.25) is 0 Å². The van der Waals surface area contributed by atoms with E-state index in [0.29, 0.717) is 0 Å². The predicted molar refractivity (Wildman–Crippen MR) is 51.9 cm³/mol. The standard InChI is InChI=1S/C10H14F2N2O2/c1-9(2,3)16-8(15)14-5-10(4-13,6-14)7(11)12/h7H,5-6H2,1-3H3. The Balaban J connectivity index is 2.53. The molecule has 1 fully saturated rings. The van der Waals surface area contributed by atoms with E-state index in [9.17, 15) is 13.6 Å². The summed E-state index contributed by atoms with van der Waals surface area (Å²) < 4.78 is 30.0. The molecule has 16 heavy (non-hydrogen) atoms. The fourth-order valence-electron chi connectivity index (χ4n) is 1.35. The number of rotatable bonds is 1. The molecular formula is C10H14F2N2O2. The molecule has 1 saturated heterocycles. The first-order valence-electron chi connectivity index (χ1n) is 4.87. The van der Waals surface area contributed by atoms with Gasteiger partial charge in [0.1, 0.15) is 5.60 Å². The smallest absolute Gasteiger partial charge is 0.410 e. The molecule has 0 bridgehead atoms. The van der Waals surface area contributed by atoms with Crippen LogP contribution in [0.5, 0.6) is 0 Å². The van der Waals surface area contributed by atoms with Gasteiger partial charge in [0, 0.05) is 0 Å². The van der Waals surface area contributed by atoms with Gasteiger partial charge in [-0.15, -0.1) is 0 Å². The zero-order chi connectivity index (χ0) is 12.6. The fourth-order valence-corrected chi connectivity index (χ4v) is 1.35. The number of nitrogens with zero attached hydrogens (tertiary/aromatic N) is 2. The maximum atomic E-state index is 12.5. The molecule has 90 valence electrons. The van der Waals surface area contributed by atoms with E-state index in [0.717, 1.165) is 4.90 Å². The van der Waals surface area contributed by atoms with Crippen molar-refractivity contribution >= 4 is 6.09 Å². The van der Waals surface area contributed by atoms with E-state index in [1.165, 1.54) is 0 Å². The van der Waals surface area contributed by atoms with Crippen molar-refractivity contribution in [3.63, 3.8) is 0 Å². The highest BCUT2D eigenvalue weighted by Gasteiger charge is 2.53. The summed E-state index contributed by atoms with van der Waals surface area (Å²) in [5, 5.41) is 8.63. The highest BCUT2D eigenvalue weighted by atomic mass is 19.3. The SMILES string of the molecule is CC(C)(C)OC(=O)N1CC(C#N)(C(F)F)C1. The number of alkyl halides is 2. The van der Waals surface area contributed by atoms with Crippen molar-refractivity contribution in [1.29, 1.82) is 5.26 Å². The second-order valence-corrected chi connectivity index (χ2v) is 4.91. The molecule has 1 aliphatic heterocycles. The lowest BCUT2D eigenvalue weighted by Gasteiger charge is -2.44. The number of carbonyl (C=O) groups is 1. The molecule has 0 radical (unpaired) electrons. The summed E-state index contributed by atoms with van der Waals surface area (Å²) in [5.74, 6) is 0. The number of hydrogen-bond donors (Lipinski definition) is 0. The average Bonchev–Trinajstić information content (AvgIpc) is 1.98. The van der Waals surface area contributed by atoms with E-state index in [4.69, 9.17) is 10.00 Å². The summed E-state index contributed by atoms with van der Waals surface area (Å²) in [7, 11) is 0. The maximum absolute atomic E-state index is 12.5. The summed E-state index contributed by atoms with van der Waals surface area (Å²) >= 11 is 0. The Hall–Kier alpha value is -1.38. The summed E-state index contributed by atoms with van der Waals surface area (Å²) in [6.07, 6.45) is -3.39. The van der Waals surface area contributed by atoms with Crippen LogP contribution in [0, 0.1) is 16.7 Å². The number of ether oxygens (including phenoxy) is 1. The molecule has 0 aromatic carbocycles. The third-order valence-electron chi connectivity index (χ3n) is 2.24. The number of nitriles is 1. The molecule has 1 amide bonds.